The minimum absolute atomic E-state index is 0.00405. The number of halogens is 1. The number of hydrogen-bond acceptors (Lipinski definition) is 3. The topological polar surface area (TPSA) is 66.4 Å². The number of carbonyl (C=O) groups excluding carboxylic acids is 2. The van der Waals surface area contributed by atoms with Crippen molar-refractivity contribution in [3.05, 3.63) is 64.4 Å². The van der Waals surface area contributed by atoms with E-state index in [-0.39, 0.29) is 5.57 Å². The van der Waals surface area contributed by atoms with Crippen molar-refractivity contribution >= 4 is 29.0 Å². The average Bonchev–Trinajstić information content (AvgIpc) is 2.73. The number of nitrogens with one attached hydrogen (secondary N) is 1. The van der Waals surface area contributed by atoms with Gasteiger partial charge < -0.3 is 5.11 Å². The molecule has 4 nitrogen and oxygen atoms in total. The Morgan fingerprint density at radius 2 is 1.59 bits per heavy atom. The van der Waals surface area contributed by atoms with Crippen molar-refractivity contribution in [1.82, 2.24) is 5.32 Å². The molecular weight excluding hydrogens is 302 g/mol. The summed E-state index contributed by atoms with van der Waals surface area (Å²) in [5, 5.41) is 12.4. The zero-order valence-corrected chi connectivity index (χ0v) is 12.4. The van der Waals surface area contributed by atoms with Crippen LogP contribution in [0, 0.1) is 6.92 Å². The van der Waals surface area contributed by atoms with Gasteiger partial charge >= 0.3 is 0 Å². The molecule has 5 heteroatoms. The van der Waals surface area contributed by atoms with E-state index in [1.165, 1.54) is 0 Å². The van der Waals surface area contributed by atoms with E-state index in [2.05, 4.69) is 5.32 Å². The summed E-state index contributed by atoms with van der Waals surface area (Å²) in [7, 11) is 0. The fraction of sp³-hybridized carbons (Fsp3) is 0.0588. The number of aliphatic hydroxyl groups excluding tert-OH is 1. The first kappa shape index (κ1) is 14.4. The fourth-order valence-electron chi connectivity index (χ4n) is 2.48. The molecule has 0 aromatic heterocycles. The van der Waals surface area contributed by atoms with E-state index < -0.39 is 17.6 Å². The summed E-state index contributed by atoms with van der Waals surface area (Å²) >= 11 is 5.95. The molecule has 2 N–H and O–H groups in total. The lowest BCUT2D eigenvalue weighted by molar-refractivity contribution is -0.124. The molecular formula is C17H12ClNO3. The molecule has 0 fully saturated rings. The average molecular weight is 314 g/mol. The molecule has 0 radical (unpaired) electrons. The molecule has 0 bridgehead atoms. The lowest BCUT2D eigenvalue weighted by Crippen LogP contribution is -2.22. The van der Waals surface area contributed by atoms with Gasteiger partial charge in [-0.25, -0.2) is 0 Å². The highest BCUT2D eigenvalue weighted by molar-refractivity contribution is 6.35. The minimum atomic E-state index is -0.766. The van der Waals surface area contributed by atoms with Gasteiger partial charge in [0, 0.05) is 5.02 Å². The van der Waals surface area contributed by atoms with Crippen LogP contribution in [0.5, 0.6) is 0 Å². The summed E-state index contributed by atoms with van der Waals surface area (Å²) in [6.45, 7) is 1.96. The van der Waals surface area contributed by atoms with Crippen LogP contribution in [0.4, 0.5) is 0 Å². The van der Waals surface area contributed by atoms with E-state index in [4.69, 9.17) is 11.6 Å². The number of rotatable bonds is 2. The molecule has 1 aliphatic heterocycles. The van der Waals surface area contributed by atoms with Crippen LogP contribution in [0.1, 0.15) is 11.1 Å². The van der Waals surface area contributed by atoms with Gasteiger partial charge in [-0.3, -0.25) is 14.9 Å². The number of aliphatic hydroxyl groups is 1. The molecule has 2 aromatic carbocycles. The highest BCUT2D eigenvalue weighted by Gasteiger charge is 2.30. The Morgan fingerprint density at radius 3 is 2.14 bits per heavy atom. The molecule has 1 heterocycles. The van der Waals surface area contributed by atoms with Gasteiger partial charge in [-0.1, -0.05) is 41.9 Å². The van der Waals surface area contributed by atoms with Gasteiger partial charge in [-0.05, 0) is 41.3 Å². The summed E-state index contributed by atoms with van der Waals surface area (Å²) in [4.78, 5) is 23.0. The third kappa shape index (κ3) is 2.38. The van der Waals surface area contributed by atoms with Crippen molar-refractivity contribution < 1.29 is 14.7 Å². The molecule has 1 aliphatic rings. The Hall–Kier alpha value is -2.59. The molecule has 2 aromatic rings. The standard InChI is InChI=1S/C17H12ClNO3/c1-9-8-12(18)6-7-13(9)10-2-4-11(5-3-10)14-15(20)17(22)19-16(14)21/h2-8H,1H3,(H2,19,20,21,22). The SMILES string of the molecule is Cc1cc(Cl)ccc1-c1ccc(C2=C(O)C(=O)NC2=O)cc1. The van der Waals surface area contributed by atoms with Crippen LogP contribution < -0.4 is 5.32 Å². The molecule has 0 spiro atoms. The number of hydrogen-bond donors (Lipinski definition) is 2. The summed E-state index contributed by atoms with van der Waals surface area (Å²) in [6.07, 6.45) is 0. The van der Waals surface area contributed by atoms with E-state index in [1.807, 2.05) is 37.3 Å². The van der Waals surface area contributed by atoms with E-state index in [0.29, 0.717) is 10.6 Å². The van der Waals surface area contributed by atoms with Crippen LogP contribution in [0.25, 0.3) is 16.7 Å². The third-order valence-electron chi connectivity index (χ3n) is 3.58. The van der Waals surface area contributed by atoms with E-state index in [0.717, 1.165) is 16.7 Å². The zero-order chi connectivity index (χ0) is 15.9. The fourth-order valence-corrected chi connectivity index (χ4v) is 2.71. The first-order valence-electron chi connectivity index (χ1n) is 6.63. The van der Waals surface area contributed by atoms with Crippen LogP contribution in [0.3, 0.4) is 0 Å². The Bertz CT molecular complexity index is 822. The number of carbonyl (C=O) groups is 2. The van der Waals surface area contributed by atoms with Crippen molar-refractivity contribution in [2.24, 2.45) is 0 Å². The molecule has 2 amide bonds. The third-order valence-corrected chi connectivity index (χ3v) is 3.81. The van der Waals surface area contributed by atoms with Gasteiger partial charge in [0.15, 0.2) is 5.76 Å². The maximum atomic E-state index is 11.7. The largest absolute Gasteiger partial charge is 0.502 e. The second-order valence-corrected chi connectivity index (χ2v) is 5.48. The summed E-state index contributed by atoms with van der Waals surface area (Å²) < 4.78 is 0. The smallest absolute Gasteiger partial charge is 0.293 e. The van der Waals surface area contributed by atoms with Crippen molar-refractivity contribution in [3.8, 4) is 11.1 Å². The van der Waals surface area contributed by atoms with Gasteiger partial charge in [0.25, 0.3) is 11.8 Å². The van der Waals surface area contributed by atoms with Crippen molar-refractivity contribution in [1.29, 1.82) is 0 Å². The molecule has 3 rings (SSSR count). The second-order valence-electron chi connectivity index (χ2n) is 5.04. The Balaban J connectivity index is 2.00. The van der Waals surface area contributed by atoms with Crippen LogP contribution in [0.15, 0.2) is 48.2 Å². The van der Waals surface area contributed by atoms with Gasteiger partial charge in [0.2, 0.25) is 0 Å². The van der Waals surface area contributed by atoms with Gasteiger partial charge in [-0.15, -0.1) is 0 Å². The number of imide groups is 1. The lowest BCUT2D eigenvalue weighted by atomic mass is 9.97. The zero-order valence-electron chi connectivity index (χ0n) is 11.7. The number of aryl methyl sites for hydroxylation is 1. The van der Waals surface area contributed by atoms with Crippen LogP contribution in [-0.2, 0) is 9.59 Å². The molecule has 0 saturated carbocycles. The minimum Gasteiger partial charge on any atom is -0.502 e. The van der Waals surface area contributed by atoms with E-state index in [9.17, 15) is 14.7 Å². The number of amides is 2. The first-order valence-corrected chi connectivity index (χ1v) is 7.01. The number of benzene rings is 2. The maximum Gasteiger partial charge on any atom is 0.293 e. The summed E-state index contributed by atoms with van der Waals surface area (Å²) in [5.74, 6) is -1.89. The van der Waals surface area contributed by atoms with Crippen molar-refractivity contribution in [2.45, 2.75) is 6.92 Å². The normalized spacial score (nSPS) is 14.5. The van der Waals surface area contributed by atoms with Crippen LogP contribution in [0.2, 0.25) is 5.02 Å². The Kier molecular flexibility index (Phi) is 3.47. The van der Waals surface area contributed by atoms with Crippen LogP contribution >= 0.6 is 11.6 Å². The predicted molar refractivity (Wildman–Crippen MR) is 84.3 cm³/mol. The van der Waals surface area contributed by atoms with Gasteiger partial charge in [0.1, 0.15) is 0 Å². The molecule has 0 unspecified atom stereocenters. The highest BCUT2D eigenvalue weighted by atomic mass is 35.5. The first-order chi connectivity index (χ1) is 10.5. The Morgan fingerprint density at radius 1 is 0.955 bits per heavy atom. The van der Waals surface area contributed by atoms with Crippen molar-refractivity contribution in [3.63, 3.8) is 0 Å². The molecule has 0 saturated heterocycles. The van der Waals surface area contributed by atoms with Crippen LogP contribution in [-0.4, -0.2) is 16.9 Å². The second kappa shape index (κ2) is 5.31. The summed E-state index contributed by atoms with van der Waals surface area (Å²) in [6, 6.07) is 12.7. The van der Waals surface area contributed by atoms with E-state index in [1.54, 1.807) is 12.1 Å². The predicted octanol–water partition coefficient (Wildman–Crippen LogP) is 3.24. The molecule has 0 atom stereocenters. The lowest BCUT2D eigenvalue weighted by Gasteiger charge is -2.08. The molecule has 110 valence electrons. The van der Waals surface area contributed by atoms with Gasteiger partial charge in [-0.2, -0.15) is 0 Å². The van der Waals surface area contributed by atoms with Gasteiger partial charge in [0.05, 0.1) is 5.57 Å². The monoisotopic (exact) mass is 313 g/mol. The summed E-state index contributed by atoms with van der Waals surface area (Å²) in [5.41, 5.74) is 3.53. The quantitative estimate of drug-likeness (QED) is 0.836. The highest BCUT2D eigenvalue weighted by Crippen LogP contribution is 2.29. The Labute approximate surface area is 132 Å². The molecule has 22 heavy (non-hydrogen) atoms. The van der Waals surface area contributed by atoms with Crippen molar-refractivity contribution in [2.75, 3.05) is 0 Å². The van der Waals surface area contributed by atoms with E-state index >= 15 is 0 Å². The molecule has 0 aliphatic carbocycles. The maximum absolute atomic E-state index is 11.7.